The largest absolute Gasteiger partial charge is 0.312 e. The number of hydrogen-bond acceptors (Lipinski definition) is 5. The van der Waals surface area contributed by atoms with Gasteiger partial charge in [-0.3, -0.25) is 9.69 Å². The summed E-state index contributed by atoms with van der Waals surface area (Å²) in [5.41, 5.74) is 4.30. The maximum atomic E-state index is 13.1. The number of benzene rings is 2. The van der Waals surface area contributed by atoms with Gasteiger partial charge < -0.3 is 4.90 Å². The molecule has 0 atom stereocenters. The number of nitrogens with zero attached hydrogens (tertiary/aromatic N) is 2. The summed E-state index contributed by atoms with van der Waals surface area (Å²) >= 11 is 1.78. The highest BCUT2D eigenvalue weighted by Crippen LogP contribution is 2.38. The van der Waals surface area contributed by atoms with Gasteiger partial charge in [0.15, 0.2) is 0 Å². The van der Waals surface area contributed by atoms with E-state index in [4.69, 9.17) is 0 Å². The topological polar surface area (TPSA) is 69.7 Å². The van der Waals surface area contributed by atoms with E-state index in [1.807, 2.05) is 4.90 Å². The first-order valence-electron chi connectivity index (χ1n) is 11.7. The second-order valence-electron chi connectivity index (χ2n) is 9.27. The van der Waals surface area contributed by atoms with E-state index < -0.39 is 10.0 Å². The highest BCUT2D eigenvalue weighted by molar-refractivity contribution is 7.98. The highest BCUT2D eigenvalue weighted by Gasteiger charge is 2.33. The van der Waals surface area contributed by atoms with Crippen LogP contribution in [0.4, 0.5) is 5.69 Å². The number of thioether (sulfide) groups is 1. The number of likely N-dealkylation sites (tertiary alicyclic amines) is 1. The van der Waals surface area contributed by atoms with Gasteiger partial charge in [0.2, 0.25) is 15.9 Å². The summed E-state index contributed by atoms with van der Waals surface area (Å²) < 4.78 is 29.0. The summed E-state index contributed by atoms with van der Waals surface area (Å²) in [6.07, 6.45) is 5.92. The Kier molecular flexibility index (Phi) is 6.53. The Balaban J connectivity index is 1.18. The van der Waals surface area contributed by atoms with Gasteiger partial charge in [0.05, 0.1) is 10.6 Å². The van der Waals surface area contributed by atoms with E-state index in [1.54, 1.807) is 23.9 Å². The Morgan fingerprint density at radius 2 is 1.76 bits per heavy atom. The molecule has 2 aromatic carbocycles. The number of amides is 1. The molecule has 1 amide bonds. The van der Waals surface area contributed by atoms with Crippen LogP contribution in [-0.2, 0) is 34.2 Å². The third kappa shape index (κ3) is 4.71. The van der Waals surface area contributed by atoms with E-state index in [9.17, 15) is 13.2 Å². The molecular formula is C25H31N3O3S2. The number of carbonyl (C=O) groups excluding carboxylic acids is 1. The molecule has 0 spiro atoms. The number of anilines is 1. The lowest BCUT2D eigenvalue weighted by Gasteiger charge is -2.32. The van der Waals surface area contributed by atoms with Crippen molar-refractivity contribution in [2.24, 2.45) is 5.92 Å². The second-order valence-corrected chi connectivity index (χ2v) is 11.9. The first-order valence-corrected chi connectivity index (χ1v) is 14.5. The van der Waals surface area contributed by atoms with Gasteiger partial charge in [0.25, 0.3) is 0 Å². The highest BCUT2D eigenvalue weighted by atomic mass is 32.2. The smallest absolute Gasteiger partial charge is 0.240 e. The lowest BCUT2D eigenvalue weighted by Crippen LogP contribution is -2.38. The van der Waals surface area contributed by atoms with Gasteiger partial charge in [0.1, 0.15) is 0 Å². The van der Waals surface area contributed by atoms with E-state index in [-0.39, 0.29) is 5.91 Å². The molecule has 8 heteroatoms. The standard InChI is InChI=1S/C25H31N3O3S2/c1-32-23-5-3-2-4-21(23)17-27-11-8-18(9-12-27)16-26-33(30,31)22-14-19-6-7-24(29)28-13-10-20(15-22)25(19)28/h2-5,14-15,18,26H,6-13,16-17H2,1H3. The molecular weight excluding hydrogens is 454 g/mol. The number of nitrogens with one attached hydrogen (secondary N) is 1. The van der Waals surface area contributed by atoms with E-state index >= 15 is 0 Å². The van der Waals surface area contributed by atoms with Crippen molar-refractivity contribution in [3.05, 3.63) is 53.1 Å². The minimum atomic E-state index is -3.56. The summed E-state index contributed by atoms with van der Waals surface area (Å²) in [5.74, 6) is 0.506. The first kappa shape index (κ1) is 22.9. The summed E-state index contributed by atoms with van der Waals surface area (Å²) in [5, 5.41) is 0. The zero-order valence-electron chi connectivity index (χ0n) is 19.0. The van der Waals surface area contributed by atoms with Crippen molar-refractivity contribution in [2.45, 2.75) is 48.4 Å². The molecule has 33 heavy (non-hydrogen) atoms. The molecule has 0 saturated carbocycles. The minimum absolute atomic E-state index is 0.151. The van der Waals surface area contributed by atoms with Crippen LogP contribution in [0, 0.1) is 5.92 Å². The van der Waals surface area contributed by atoms with E-state index in [2.05, 4.69) is 40.1 Å². The van der Waals surface area contributed by atoms with Gasteiger partial charge in [-0.2, -0.15) is 0 Å². The fourth-order valence-electron chi connectivity index (χ4n) is 5.32. The lowest BCUT2D eigenvalue weighted by atomic mass is 9.97. The maximum Gasteiger partial charge on any atom is 0.240 e. The maximum absolute atomic E-state index is 13.1. The number of sulfonamides is 1. The van der Waals surface area contributed by atoms with Crippen LogP contribution in [-0.4, -0.2) is 51.7 Å². The van der Waals surface area contributed by atoms with E-state index in [1.165, 1.54) is 10.5 Å². The monoisotopic (exact) mass is 485 g/mol. The number of carbonyl (C=O) groups is 1. The molecule has 1 fully saturated rings. The van der Waals surface area contributed by atoms with Gasteiger partial charge >= 0.3 is 0 Å². The van der Waals surface area contributed by atoms with Crippen LogP contribution in [0.15, 0.2) is 46.2 Å². The lowest BCUT2D eigenvalue weighted by molar-refractivity contribution is -0.118. The van der Waals surface area contributed by atoms with Gasteiger partial charge in [-0.15, -0.1) is 11.8 Å². The molecule has 1 N–H and O–H groups in total. The molecule has 0 bridgehead atoms. The number of aryl methyl sites for hydroxylation is 1. The minimum Gasteiger partial charge on any atom is -0.312 e. The van der Waals surface area contributed by atoms with Crippen LogP contribution >= 0.6 is 11.8 Å². The molecule has 1 saturated heterocycles. The average Bonchev–Trinajstić information content (AvgIpc) is 3.27. The number of rotatable bonds is 7. The van der Waals surface area contributed by atoms with Crippen LogP contribution in [0.1, 0.15) is 36.0 Å². The Labute approximate surface area is 200 Å². The summed E-state index contributed by atoms with van der Waals surface area (Å²) in [6.45, 7) is 4.07. The van der Waals surface area contributed by atoms with Crippen molar-refractivity contribution in [3.63, 3.8) is 0 Å². The molecule has 3 aliphatic rings. The molecule has 2 aromatic rings. The molecule has 0 aromatic heterocycles. The Hall–Kier alpha value is -1.87. The van der Waals surface area contributed by atoms with E-state index in [0.29, 0.717) is 36.7 Å². The molecule has 6 nitrogen and oxygen atoms in total. The third-order valence-corrected chi connectivity index (χ3v) is 9.43. The fraction of sp³-hybridized carbons (Fsp3) is 0.480. The van der Waals surface area contributed by atoms with E-state index in [0.717, 1.165) is 55.7 Å². The summed E-state index contributed by atoms with van der Waals surface area (Å²) in [7, 11) is -3.56. The van der Waals surface area contributed by atoms with Crippen LogP contribution in [0.5, 0.6) is 0 Å². The number of hydrogen-bond donors (Lipinski definition) is 1. The predicted octanol–water partition coefficient (Wildman–Crippen LogP) is 3.43. The van der Waals surface area contributed by atoms with Gasteiger partial charge in [-0.1, -0.05) is 18.2 Å². The fourth-order valence-corrected chi connectivity index (χ4v) is 7.14. The zero-order chi connectivity index (χ0) is 23.0. The zero-order valence-corrected chi connectivity index (χ0v) is 20.7. The first-order chi connectivity index (χ1) is 15.9. The molecule has 0 unspecified atom stereocenters. The SMILES string of the molecule is CSc1ccccc1CN1CCC(CNS(=O)(=O)c2cc3c4c(c2)CCN4C(=O)CC3)CC1. The Morgan fingerprint density at radius 1 is 1.03 bits per heavy atom. The van der Waals surface area contributed by atoms with Gasteiger partial charge in [0, 0.05) is 31.0 Å². The molecule has 3 aliphatic heterocycles. The summed E-state index contributed by atoms with van der Waals surface area (Å²) in [6, 6.07) is 12.1. The van der Waals surface area contributed by atoms with Crippen molar-refractivity contribution in [2.75, 3.05) is 37.3 Å². The van der Waals surface area contributed by atoms with Crippen molar-refractivity contribution in [1.82, 2.24) is 9.62 Å². The van der Waals surface area contributed by atoms with Crippen LogP contribution in [0.25, 0.3) is 0 Å². The summed E-state index contributed by atoms with van der Waals surface area (Å²) in [4.78, 5) is 18.1. The van der Waals surface area contributed by atoms with Crippen molar-refractivity contribution >= 4 is 33.4 Å². The van der Waals surface area contributed by atoms with Crippen LogP contribution in [0.3, 0.4) is 0 Å². The Morgan fingerprint density at radius 3 is 2.52 bits per heavy atom. The second kappa shape index (κ2) is 9.41. The molecule has 3 heterocycles. The molecule has 176 valence electrons. The molecule has 0 aliphatic carbocycles. The van der Waals surface area contributed by atoms with Crippen molar-refractivity contribution in [3.8, 4) is 0 Å². The van der Waals surface area contributed by atoms with Crippen LogP contribution < -0.4 is 9.62 Å². The Bertz CT molecular complexity index is 1160. The molecule has 0 radical (unpaired) electrons. The average molecular weight is 486 g/mol. The van der Waals surface area contributed by atoms with Crippen molar-refractivity contribution in [1.29, 1.82) is 0 Å². The third-order valence-electron chi connectivity index (χ3n) is 7.19. The van der Waals surface area contributed by atoms with Crippen molar-refractivity contribution < 1.29 is 13.2 Å². The van der Waals surface area contributed by atoms with Crippen LogP contribution in [0.2, 0.25) is 0 Å². The normalized spacial score (nSPS) is 19.2. The number of piperidine rings is 1. The molecule has 5 rings (SSSR count). The van der Waals surface area contributed by atoms with Gasteiger partial charge in [-0.05, 0) is 85.8 Å². The predicted molar refractivity (Wildman–Crippen MR) is 132 cm³/mol. The van der Waals surface area contributed by atoms with Gasteiger partial charge in [-0.25, -0.2) is 13.1 Å². The quantitative estimate of drug-likeness (QED) is 0.609.